The number of carbonyl (C=O) groups is 2. The van der Waals surface area contributed by atoms with Crippen LogP contribution in [0.2, 0.25) is 10.0 Å². The quantitative estimate of drug-likeness (QED) is 0.575. The topological polar surface area (TPSA) is 127 Å². The lowest BCUT2D eigenvalue weighted by atomic mass is 9.72. The lowest BCUT2D eigenvalue weighted by molar-refractivity contribution is -0.140. The molecule has 1 aromatic carbocycles. The summed E-state index contributed by atoms with van der Waals surface area (Å²) in [5, 5.41) is 18.3. The summed E-state index contributed by atoms with van der Waals surface area (Å²) in [6, 6.07) is 3.95. The average Bonchev–Trinajstić information content (AvgIpc) is 2.58. The second-order valence-electron chi connectivity index (χ2n) is 6.72. The fraction of sp³-hybridized carbons (Fsp3) is 0.556. The zero-order valence-corrected chi connectivity index (χ0v) is 16.1. The van der Waals surface area contributed by atoms with Gasteiger partial charge in [-0.15, -0.1) is 0 Å². The van der Waals surface area contributed by atoms with Crippen LogP contribution in [0, 0.1) is 5.41 Å². The zero-order valence-electron chi connectivity index (χ0n) is 14.6. The molecule has 2 rings (SSSR count). The predicted octanol–water partition coefficient (Wildman–Crippen LogP) is 3.32. The largest absolute Gasteiger partial charge is 0.481 e. The number of nitrogens with two attached hydrogens (primary N) is 2. The van der Waals surface area contributed by atoms with Crippen LogP contribution in [0.3, 0.4) is 0 Å². The SMILES string of the molecule is NCC1(CC(=O)O)CCCCC1.N[C@@H](Cc1ccc(Cl)cc1Cl)C(=O)O. The van der Waals surface area contributed by atoms with Gasteiger partial charge >= 0.3 is 11.9 Å². The first-order valence-corrected chi connectivity index (χ1v) is 9.29. The Kier molecular flexibility index (Phi) is 9.36. The van der Waals surface area contributed by atoms with E-state index >= 15 is 0 Å². The Hall–Kier alpha value is -1.34. The van der Waals surface area contributed by atoms with Crippen molar-refractivity contribution in [2.45, 2.75) is 51.0 Å². The Morgan fingerprint density at radius 3 is 2.23 bits per heavy atom. The van der Waals surface area contributed by atoms with Crippen LogP contribution < -0.4 is 11.5 Å². The fourth-order valence-corrected chi connectivity index (χ4v) is 3.57. The highest BCUT2D eigenvalue weighted by atomic mass is 35.5. The molecular formula is C18H26Cl2N2O4. The van der Waals surface area contributed by atoms with E-state index in [1.54, 1.807) is 18.2 Å². The second kappa shape index (κ2) is 10.7. The first kappa shape index (κ1) is 22.7. The smallest absolute Gasteiger partial charge is 0.320 e. The van der Waals surface area contributed by atoms with Gasteiger partial charge in [0.2, 0.25) is 0 Å². The van der Waals surface area contributed by atoms with Crippen molar-refractivity contribution in [1.29, 1.82) is 0 Å². The number of halogens is 2. The molecule has 0 radical (unpaired) electrons. The summed E-state index contributed by atoms with van der Waals surface area (Å²) in [6.07, 6.45) is 5.97. The van der Waals surface area contributed by atoms with Crippen molar-refractivity contribution < 1.29 is 19.8 Å². The molecule has 6 nitrogen and oxygen atoms in total. The van der Waals surface area contributed by atoms with E-state index in [0.29, 0.717) is 22.2 Å². The number of rotatable bonds is 6. The lowest BCUT2D eigenvalue weighted by Crippen LogP contribution is -2.34. The summed E-state index contributed by atoms with van der Waals surface area (Å²) < 4.78 is 0. The Morgan fingerprint density at radius 1 is 1.15 bits per heavy atom. The highest BCUT2D eigenvalue weighted by molar-refractivity contribution is 6.35. The van der Waals surface area contributed by atoms with Crippen LogP contribution in [0.5, 0.6) is 0 Å². The average molecular weight is 405 g/mol. The molecule has 0 aromatic heterocycles. The first-order chi connectivity index (χ1) is 12.2. The van der Waals surface area contributed by atoms with Gasteiger partial charge in [0, 0.05) is 10.0 Å². The number of carboxylic acids is 2. The van der Waals surface area contributed by atoms with Gasteiger partial charge in [0.05, 0.1) is 6.42 Å². The molecule has 0 amide bonds. The minimum atomic E-state index is -1.05. The van der Waals surface area contributed by atoms with E-state index in [2.05, 4.69) is 0 Å². The molecule has 0 bridgehead atoms. The summed E-state index contributed by atoms with van der Waals surface area (Å²) in [5.74, 6) is -1.75. The third-order valence-corrected chi connectivity index (χ3v) is 5.23. The van der Waals surface area contributed by atoms with E-state index in [4.69, 9.17) is 44.9 Å². The van der Waals surface area contributed by atoms with Crippen molar-refractivity contribution in [3.63, 3.8) is 0 Å². The molecule has 0 unspecified atom stereocenters. The monoisotopic (exact) mass is 404 g/mol. The minimum absolute atomic E-state index is 0.0793. The van der Waals surface area contributed by atoms with Gasteiger partial charge in [0.15, 0.2) is 0 Å². The van der Waals surface area contributed by atoms with Gasteiger partial charge in [-0.05, 0) is 48.9 Å². The molecule has 0 aliphatic heterocycles. The van der Waals surface area contributed by atoms with E-state index in [1.807, 2.05) is 0 Å². The van der Waals surface area contributed by atoms with Crippen LogP contribution in [0.4, 0.5) is 0 Å². The normalized spacial score (nSPS) is 16.9. The van der Waals surface area contributed by atoms with Gasteiger partial charge in [-0.1, -0.05) is 48.5 Å². The molecule has 6 N–H and O–H groups in total. The Bertz CT molecular complexity index is 619. The van der Waals surface area contributed by atoms with Crippen molar-refractivity contribution in [3.05, 3.63) is 33.8 Å². The van der Waals surface area contributed by atoms with Crippen LogP contribution in [0.15, 0.2) is 18.2 Å². The van der Waals surface area contributed by atoms with Crippen molar-refractivity contribution in [2.24, 2.45) is 16.9 Å². The maximum atomic E-state index is 10.6. The number of hydrogen-bond donors (Lipinski definition) is 4. The third kappa shape index (κ3) is 7.50. The van der Waals surface area contributed by atoms with Crippen molar-refractivity contribution in [3.8, 4) is 0 Å². The Labute approximate surface area is 163 Å². The number of benzene rings is 1. The summed E-state index contributed by atoms with van der Waals surface area (Å²) in [4.78, 5) is 21.1. The molecule has 26 heavy (non-hydrogen) atoms. The standard InChI is InChI=1S/C9H9Cl2NO2.C9H17NO2/c10-6-2-1-5(7(11)4-6)3-8(12)9(13)14;10-7-9(6-8(11)12)4-2-1-3-5-9/h1-2,4,8H,3,12H2,(H,13,14);1-7,10H2,(H,11,12)/t8-;/m0./s1. The van der Waals surface area contributed by atoms with Crippen molar-refractivity contribution in [1.82, 2.24) is 0 Å². The van der Waals surface area contributed by atoms with Crippen LogP contribution in [0.1, 0.15) is 44.1 Å². The molecule has 0 heterocycles. The molecule has 1 aliphatic rings. The summed E-state index contributed by atoms with van der Waals surface area (Å²) in [5.41, 5.74) is 11.6. The van der Waals surface area contributed by atoms with Crippen LogP contribution in [0.25, 0.3) is 0 Å². The minimum Gasteiger partial charge on any atom is -0.481 e. The molecule has 1 aliphatic carbocycles. The van der Waals surface area contributed by atoms with E-state index in [9.17, 15) is 9.59 Å². The Balaban J connectivity index is 0.000000263. The lowest BCUT2D eigenvalue weighted by Gasteiger charge is -2.34. The summed E-state index contributed by atoms with van der Waals surface area (Å²) in [6.45, 7) is 0.527. The Morgan fingerprint density at radius 2 is 1.77 bits per heavy atom. The van der Waals surface area contributed by atoms with Crippen molar-refractivity contribution >= 4 is 35.1 Å². The zero-order chi connectivity index (χ0) is 19.7. The van der Waals surface area contributed by atoms with Crippen LogP contribution in [-0.4, -0.2) is 34.7 Å². The van der Waals surface area contributed by atoms with E-state index in [-0.39, 0.29) is 18.3 Å². The second-order valence-corrected chi connectivity index (χ2v) is 7.56. The van der Waals surface area contributed by atoms with Gasteiger partial charge in [-0.25, -0.2) is 0 Å². The predicted molar refractivity (Wildman–Crippen MR) is 103 cm³/mol. The molecule has 1 fully saturated rings. The van der Waals surface area contributed by atoms with Gasteiger partial charge in [0.25, 0.3) is 0 Å². The van der Waals surface area contributed by atoms with E-state index < -0.39 is 18.0 Å². The molecule has 0 saturated heterocycles. The summed E-state index contributed by atoms with van der Waals surface area (Å²) in [7, 11) is 0. The van der Waals surface area contributed by atoms with E-state index in [0.717, 1.165) is 25.7 Å². The molecule has 1 aromatic rings. The molecular weight excluding hydrogens is 379 g/mol. The van der Waals surface area contributed by atoms with Gasteiger partial charge < -0.3 is 21.7 Å². The highest BCUT2D eigenvalue weighted by Gasteiger charge is 2.32. The number of hydrogen-bond acceptors (Lipinski definition) is 4. The number of aliphatic carboxylic acids is 2. The van der Waals surface area contributed by atoms with Crippen LogP contribution >= 0.6 is 23.2 Å². The highest BCUT2D eigenvalue weighted by Crippen LogP contribution is 2.38. The molecule has 1 saturated carbocycles. The molecule has 1 atom stereocenters. The fourth-order valence-electron chi connectivity index (χ4n) is 3.09. The molecule has 8 heteroatoms. The molecule has 146 valence electrons. The van der Waals surface area contributed by atoms with Crippen LogP contribution in [-0.2, 0) is 16.0 Å². The van der Waals surface area contributed by atoms with E-state index in [1.165, 1.54) is 6.42 Å². The van der Waals surface area contributed by atoms with Crippen molar-refractivity contribution in [2.75, 3.05) is 6.54 Å². The maximum absolute atomic E-state index is 10.6. The number of carboxylic acid groups (broad SMARTS) is 2. The van der Waals surface area contributed by atoms with Gasteiger partial charge in [-0.3, -0.25) is 9.59 Å². The maximum Gasteiger partial charge on any atom is 0.320 e. The van der Waals surface area contributed by atoms with Gasteiger partial charge in [0.1, 0.15) is 6.04 Å². The summed E-state index contributed by atoms with van der Waals surface area (Å²) >= 11 is 11.5. The third-order valence-electron chi connectivity index (χ3n) is 4.65. The van der Waals surface area contributed by atoms with Gasteiger partial charge in [-0.2, -0.15) is 0 Å². The molecule has 0 spiro atoms. The first-order valence-electron chi connectivity index (χ1n) is 8.53.